The minimum absolute atomic E-state index is 0.0739. The van der Waals surface area contributed by atoms with Crippen LogP contribution in [0, 0.1) is 0 Å². The second kappa shape index (κ2) is 6.65. The lowest BCUT2D eigenvalue weighted by Gasteiger charge is -2.01. The molecule has 3 aromatic rings. The number of aryl methyl sites for hydroxylation is 1. The van der Waals surface area contributed by atoms with Crippen LogP contribution in [0.4, 0.5) is 5.13 Å². The quantitative estimate of drug-likeness (QED) is 0.704. The van der Waals surface area contributed by atoms with Gasteiger partial charge in [-0.15, -0.1) is 0 Å². The fourth-order valence-electron chi connectivity index (χ4n) is 2.08. The van der Waals surface area contributed by atoms with Gasteiger partial charge in [-0.1, -0.05) is 64.9 Å². The standard InChI is InChI=1S/C16H12Cl2N2OS/c17-11-7-8-12(18)15-14(11)20-16(22-15)19-13(21)9-6-10-4-2-1-3-5-10/h1-5,7-8H,6,9H2,(H,19,20,21). The Morgan fingerprint density at radius 3 is 2.55 bits per heavy atom. The van der Waals surface area contributed by atoms with E-state index in [1.54, 1.807) is 12.1 Å². The van der Waals surface area contributed by atoms with Crippen LogP contribution >= 0.6 is 34.5 Å². The number of thiazole rings is 1. The summed E-state index contributed by atoms with van der Waals surface area (Å²) in [6.45, 7) is 0. The number of nitrogens with zero attached hydrogens (tertiary/aromatic N) is 1. The normalized spacial score (nSPS) is 10.8. The molecule has 0 saturated heterocycles. The highest BCUT2D eigenvalue weighted by molar-refractivity contribution is 7.23. The van der Waals surface area contributed by atoms with Crippen LogP contribution in [0.2, 0.25) is 10.0 Å². The topological polar surface area (TPSA) is 42.0 Å². The number of carbonyl (C=O) groups is 1. The van der Waals surface area contributed by atoms with E-state index in [-0.39, 0.29) is 5.91 Å². The maximum Gasteiger partial charge on any atom is 0.226 e. The van der Waals surface area contributed by atoms with Crippen LogP contribution < -0.4 is 5.32 Å². The van der Waals surface area contributed by atoms with Crippen molar-refractivity contribution in [1.29, 1.82) is 0 Å². The van der Waals surface area contributed by atoms with Gasteiger partial charge in [0.05, 0.1) is 14.7 Å². The molecule has 22 heavy (non-hydrogen) atoms. The highest BCUT2D eigenvalue weighted by Crippen LogP contribution is 2.36. The van der Waals surface area contributed by atoms with Crippen molar-refractivity contribution in [3.8, 4) is 0 Å². The Morgan fingerprint density at radius 2 is 1.82 bits per heavy atom. The van der Waals surface area contributed by atoms with Gasteiger partial charge in [-0.05, 0) is 24.1 Å². The van der Waals surface area contributed by atoms with Crippen molar-refractivity contribution >= 4 is 55.8 Å². The molecular formula is C16H12Cl2N2OS. The van der Waals surface area contributed by atoms with E-state index in [1.165, 1.54) is 11.3 Å². The fraction of sp³-hybridized carbons (Fsp3) is 0.125. The first-order chi connectivity index (χ1) is 10.6. The van der Waals surface area contributed by atoms with E-state index in [4.69, 9.17) is 23.2 Å². The van der Waals surface area contributed by atoms with Crippen LogP contribution in [-0.2, 0) is 11.2 Å². The lowest BCUT2D eigenvalue weighted by atomic mass is 10.1. The molecule has 3 rings (SSSR count). The number of anilines is 1. The predicted molar refractivity (Wildman–Crippen MR) is 93.0 cm³/mol. The molecule has 0 bridgehead atoms. The molecule has 1 N–H and O–H groups in total. The molecule has 2 aromatic carbocycles. The number of amides is 1. The Kier molecular flexibility index (Phi) is 4.62. The van der Waals surface area contributed by atoms with Crippen molar-refractivity contribution in [3.63, 3.8) is 0 Å². The van der Waals surface area contributed by atoms with Crippen LogP contribution in [0.15, 0.2) is 42.5 Å². The van der Waals surface area contributed by atoms with Crippen LogP contribution in [-0.4, -0.2) is 10.9 Å². The minimum atomic E-state index is -0.0739. The van der Waals surface area contributed by atoms with Gasteiger partial charge in [0, 0.05) is 6.42 Å². The van der Waals surface area contributed by atoms with Crippen molar-refractivity contribution in [3.05, 3.63) is 58.1 Å². The Labute approximate surface area is 141 Å². The van der Waals surface area contributed by atoms with Gasteiger partial charge in [0.25, 0.3) is 0 Å². The Balaban J connectivity index is 1.69. The first-order valence-electron chi connectivity index (χ1n) is 6.72. The summed E-state index contributed by atoms with van der Waals surface area (Å²) < 4.78 is 0.785. The molecule has 0 unspecified atom stereocenters. The summed E-state index contributed by atoms with van der Waals surface area (Å²) in [6.07, 6.45) is 1.10. The van der Waals surface area contributed by atoms with E-state index in [9.17, 15) is 4.79 Å². The van der Waals surface area contributed by atoms with E-state index >= 15 is 0 Å². The van der Waals surface area contributed by atoms with E-state index in [2.05, 4.69) is 10.3 Å². The molecule has 0 radical (unpaired) electrons. The molecule has 112 valence electrons. The zero-order valence-electron chi connectivity index (χ0n) is 11.5. The van der Waals surface area contributed by atoms with Gasteiger partial charge < -0.3 is 5.32 Å². The number of hydrogen-bond acceptors (Lipinski definition) is 3. The van der Waals surface area contributed by atoms with Gasteiger partial charge in [0.1, 0.15) is 5.52 Å². The maximum absolute atomic E-state index is 12.0. The molecule has 0 aliphatic rings. The number of halogens is 2. The molecule has 3 nitrogen and oxygen atoms in total. The third-order valence-corrected chi connectivity index (χ3v) is 4.91. The third-order valence-electron chi connectivity index (χ3n) is 3.18. The van der Waals surface area contributed by atoms with Crippen molar-refractivity contribution in [2.45, 2.75) is 12.8 Å². The van der Waals surface area contributed by atoms with Gasteiger partial charge >= 0.3 is 0 Å². The summed E-state index contributed by atoms with van der Waals surface area (Å²) in [6, 6.07) is 13.3. The Hall–Kier alpha value is -1.62. The van der Waals surface area contributed by atoms with Crippen LogP contribution in [0.5, 0.6) is 0 Å². The summed E-state index contributed by atoms with van der Waals surface area (Å²) in [7, 11) is 0. The largest absolute Gasteiger partial charge is 0.302 e. The minimum Gasteiger partial charge on any atom is -0.302 e. The van der Waals surface area contributed by atoms with Gasteiger partial charge in [-0.2, -0.15) is 0 Å². The molecule has 0 atom stereocenters. The SMILES string of the molecule is O=C(CCc1ccccc1)Nc1nc2c(Cl)ccc(Cl)c2s1. The van der Waals surface area contributed by atoms with Crippen molar-refractivity contribution < 1.29 is 4.79 Å². The second-order valence-electron chi connectivity index (χ2n) is 4.76. The van der Waals surface area contributed by atoms with Crippen molar-refractivity contribution in [2.24, 2.45) is 0 Å². The number of nitrogens with one attached hydrogen (secondary N) is 1. The zero-order chi connectivity index (χ0) is 15.5. The molecule has 6 heteroatoms. The second-order valence-corrected chi connectivity index (χ2v) is 6.57. The van der Waals surface area contributed by atoms with Gasteiger partial charge in [0.15, 0.2) is 5.13 Å². The van der Waals surface area contributed by atoms with E-state index in [0.717, 1.165) is 10.3 Å². The highest BCUT2D eigenvalue weighted by Gasteiger charge is 2.12. The predicted octanol–water partition coefficient (Wildman–Crippen LogP) is 5.17. The molecule has 0 saturated carbocycles. The van der Waals surface area contributed by atoms with Gasteiger partial charge in [-0.3, -0.25) is 4.79 Å². The number of rotatable bonds is 4. The fourth-order valence-corrected chi connectivity index (χ4v) is 3.52. The zero-order valence-corrected chi connectivity index (χ0v) is 13.8. The van der Waals surface area contributed by atoms with Gasteiger partial charge in [-0.25, -0.2) is 4.98 Å². The molecule has 0 spiro atoms. The summed E-state index contributed by atoms with van der Waals surface area (Å²) in [4.78, 5) is 16.4. The monoisotopic (exact) mass is 350 g/mol. The van der Waals surface area contributed by atoms with E-state index in [1.807, 2.05) is 30.3 Å². The van der Waals surface area contributed by atoms with Crippen LogP contribution in [0.25, 0.3) is 10.2 Å². The number of carbonyl (C=O) groups excluding carboxylic acids is 1. The maximum atomic E-state index is 12.0. The van der Waals surface area contributed by atoms with Crippen LogP contribution in [0.3, 0.4) is 0 Å². The highest BCUT2D eigenvalue weighted by atomic mass is 35.5. The lowest BCUT2D eigenvalue weighted by Crippen LogP contribution is -2.11. The molecule has 0 aliphatic carbocycles. The molecule has 1 heterocycles. The molecular weight excluding hydrogens is 339 g/mol. The van der Waals surface area contributed by atoms with Gasteiger partial charge in [0.2, 0.25) is 5.91 Å². The lowest BCUT2D eigenvalue weighted by molar-refractivity contribution is -0.116. The smallest absolute Gasteiger partial charge is 0.226 e. The first kappa shape index (κ1) is 15.3. The summed E-state index contributed by atoms with van der Waals surface area (Å²) >= 11 is 13.5. The number of fused-ring (bicyclic) bond motifs is 1. The number of benzene rings is 2. The van der Waals surface area contributed by atoms with Crippen molar-refractivity contribution in [2.75, 3.05) is 5.32 Å². The Bertz CT molecular complexity index is 779. The number of aromatic nitrogens is 1. The number of hydrogen-bond donors (Lipinski definition) is 1. The van der Waals surface area contributed by atoms with E-state index < -0.39 is 0 Å². The summed E-state index contributed by atoms with van der Waals surface area (Å²) in [5.41, 5.74) is 1.76. The summed E-state index contributed by atoms with van der Waals surface area (Å²) in [5, 5.41) is 4.44. The molecule has 1 amide bonds. The van der Waals surface area contributed by atoms with Crippen molar-refractivity contribution in [1.82, 2.24) is 4.98 Å². The average Bonchev–Trinajstić information content (AvgIpc) is 2.95. The molecule has 0 fully saturated rings. The average molecular weight is 351 g/mol. The van der Waals surface area contributed by atoms with E-state index in [0.29, 0.717) is 33.5 Å². The van der Waals surface area contributed by atoms with Crippen LogP contribution in [0.1, 0.15) is 12.0 Å². The molecule has 0 aliphatic heterocycles. The third kappa shape index (κ3) is 3.40. The first-order valence-corrected chi connectivity index (χ1v) is 8.29. The molecule has 1 aromatic heterocycles. The Morgan fingerprint density at radius 1 is 1.09 bits per heavy atom. The summed E-state index contributed by atoms with van der Waals surface area (Å²) in [5.74, 6) is -0.0739.